The molecule has 1 atom stereocenters. The molecule has 11 heteroatoms. The van der Waals surface area contributed by atoms with Crippen LogP contribution < -0.4 is 15.2 Å². The Morgan fingerprint density at radius 2 is 2.06 bits per heavy atom. The van der Waals surface area contributed by atoms with Crippen molar-refractivity contribution in [1.29, 1.82) is 0 Å². The molecular formula is C6H13F3N4O3S. The second kappa shape index (κ2) is 6.02. The predicted octanol–water partition coefficient (Wildman–Crippen LogP) is -0.502. The minimum absolute atomic E-state index is 0.135. The van der Waals surface area contributed by atoms with Crippen molar-refractivity contribution >= 4 is 16.0 Å². The molecule has 0 heterocycles. The fraction of sp³-hybridized carbons (Fsp3) is 0.833. The Balaban J connectivity index is 4.27. The van der Waals surface area contributed by atoms with E-state index in [2.05, 4.69) is 5.16 Å². The maximum Gasteiger partial charge on any atom is 0.402 e. The van der Waals surface area contributed by atoms with Gasteiger partial charge in [-0.15, -0.1) is 0 Å². The van der Waals surface area contributed by atoms with E-state index in [0.717, 1.165) is 0 Å². The number of oxime groups is 1. The smallest absolute Gasteiger partial charge is 0.402 e. The van der Waals surface area contributed by atoms with E-state index in [-0.39, 0.29) is 12.3 Å². The zero-order chi connectivity index (χ0) is 13.7. The third-order valence-electron chi connectivity index (χ3n) is 1.46. The number of nitrogens with one attached hydrogen (secondary N) is 2. The molecule has 0 fully saturated rings. The van der Waals surface area contributed by atoms with Gasteiger partial charge in [0.25, 0.3) is 10.2 Å². The lowest BCUT2D eigenvalue weighted by Gasteiger charge is -2.14. The third kappa shape index (κ3) is 8.71. The summed E-state index contributed by atoms with van der Waals surface area (Å²) in [5.74, 6) is -0.240. The summed E-state index contributed by atoms with van der Waals surface area (Å²) in [4.78, 5) is 0. The van der Waals surface area contributed by atoms with Gasteiger partial charge < -0.3 is 10.9 Å². The zero-order valence-corrected chi connectivity index (χ0v) is 9.64. The Kier molecular flexibility index (Phi) is 5.64. The lowest BCUT2D eigenvalue weighted by atomic mass is 10.2. The van der Waals surface area contributed by atoms with Gasteiger partial charge in [-0.2, -0.15) is 31.0 Å². The molecular weight excluding hydrogens is 265 g/mol. The van der Waals surface area contributed by atoms with E-state index >= 15 is 0 Å². The summed E-state index contributed by atoms with van der Waals surface area (Å²) in [7, 11) is -4.28. The van der Waals surface area contributed by atoms with Crippen LogP contribution in [-0.4, -0.2) is 38.2 Å². The van der Waals surface area contributed by atoms with Crippen LogP contribution in [0.3, 0.4) is 0 Å². The second-order valence-electron chi connectivity index (χ2n) is 3.25. The van der Waals surface area contributed by atoms with Gasteiger partial charge in [-0.1, -0.05) is 5.16 Å². The topological polar surface area (TPSA) is 117 Å². The van der Waals surface area contributed by atoms with Gasteiger partial charge in [0.05, 0.1) is 0 Å². The fourth-order valence-electron chi connectivity index (χ4n) is 0.880. The SMILES string of the molecule is CC(CC(N)=NO)NS(=O)(=O)NCC(F)(F)F. The number of hydrogen-bond acceptors (Lipinski definition) is 4. The van der Waals surface area contributed by atoms with Gasteiger partial charge in [0, 0.05) is 12.5 Å². The van der Waals surface area contributed by atoms with E-state index in [9.17, 15) is 21.6 Å². The average molecular weight is 278 g/mol. The van der Waals surface area contributed by atoms with Crippen LogP contribution in [0, 0.1) is 0 Å². The van der Waals surface area contributed by atoms with Crippen LogP contribution >= 0.6 is 0 Å². The maximum absolute atomic E-state index is 11.8. The molecule has 7 nitrogen and oxygen atoms in total. The normalized spacial score (nSPS) is 15.9. The van der Waals surface area contributed by atoms with Gasteiger partial charge in [0.2, 0.25) is 0 Å². The molecule has 0 amide bonds. The summed E-state index contributed by atoms with van der Waals surface area (Å²) >= 11 is 0. The largest absolute Gasteiger partial charge is 0.409 e. The van der Waals surface area contributed by atoms with Gasteiger partial charge in [-0.3, -0.25) is 0 Å². The molecule has 0 radical (unpaired) electrons. The van der Waals surface area contributed by atoms with E-state index < -0.39 is 29.0 Å². The maximum atomic E-state index is 11.8. The summed E-state index contributed by atoms with van der Waals surface area (Å²) < 4.78 is 60.7. The van der Waals surface area contributed by atoms with Gasteiger partial charge >= 0.3 is 6.18 Å². The highest BCUT2D eigenvalue weighted by Crippen LogP contribution is 2.12. The summed E-state index contributed by atoms with van der Waals surface area (Å²) in [5.41, 5.74) is 5.10. The van der Waals surface area contributed by atoms with Crippen LogP contribution in [0.4, 0.5) is 13.2 Å². The van der Waals surface area contributed by atoms with Crippen molar-refractivity contribution in [1.82, 2.24) is 9.44 Å². The first-order valence-electron chi connectivity index (χ1n) is 4.36. The summed E-state index contributed by atoms with van der Waals surface area (Å²) in [6.07, 6.45) is -4.77. The minimum atomic E-state index is -4.64. The average Bonchev–Trinajstić information content (AvgIpc) is 2.12. The van der Waals surface area contributed by atoms with Crippen LogP contribution in [0.15, 0.2) is 5.16 Å². The molecule has 5 N–H and O–H groups in total. The van der Waals surface area contributed by atoms with Gasteiger partial charge in [-0.25, -0.2) is 0 Å². The lowest BCUT2D eigenvalue weighted by molar-refractivity contribution is -0.121. The molecule has 0 aliphatic rings. The van der Waals surface area contributed by atoms with Crippen molar-refractivity contribution in [2.75, 3.05) is 6.54 Å². The van der Waals surface area contributed by atoms with Crippen molar-refractivity contribution in [2.45, 2.75) is 25.6 Å². The number of nitrogens with two attached hydrogens (primary N) is 1. The lowest BCUT2D eigenvalue weighted by Crippen LogP contribution is -2.45. The summed E-state index contributed by atoms with van der Waals surface area (Å²) in [6, 6.07) is -0.809. The first kappa shape index (κ1) is 15.9. The number of alkyl halides is 3. The van der Waals surface area contributed by atoms with Gasteiger partial charge in [0.15, 0.2) is 0 Å². The van der Waals surface area contributed by atoms with Crippen LogP contribution in [0.5, 0.6) is 0 Å². The van der Waals surface area contributed by atoms with E-state index in [1.165, 1.54) is 11.6 Å². The monoisotopic (exact) mass is 278 g/mol. The van der Waals surface area contributed by atoms with Crippen molar-refractivity contribution in [2.24, 2.45) is 10.9 Å². The number of halogens is 3. The molecule has 0 rings (SSSR count). The number of amidine groups is 1. The Hall–Kier alpha value is -1.07. The van der Waals surface area contributed by atoms with E-state index in [4.69, 9.17) is 10.9 Å². The molecule has 0 saturated carbocycles. The number of nitrogens with zero attached hydrogens (tertiary/aromatic N) is 1. The number of hydrogen-bond donors (Lipinski definition) is 4. The highest BCUT2D eigenvalue weighted by atomic mass is 32.2. The standard InChI is InChI=1S/C6H13F3N4O3S/c1-4(2-5(10)12-14)13-17(15,16)11-3-6(7,8)9/h4,11,13-14H,2-3H2,1H3,(H2,10,12). The molecule has 17 heavy (non-hydrogen) atoms. The second-order valence-corrected chi connectivity index (χ2v) is 4.79. The van der Waals surface area contributed by atoms with E-state index in [1.807, 2.05) is 4.72 Å². The van der Waals surface area contributed by atoms with Crippen molar-refractivity contribution in [3.63, 3.8) is 0 Å². The fourth-order valence-corrected chi connectivity index (χ4v) is 1.93. The van der Waals surface area contributed by atoms with Crippen molar-refractivity contribution < 1.29 is 26.8 Å². The first-order valence-corrected chi connectivity index (χ1v) is 5.84. The Morgan fingerprint density at radius 3 is 2.47 bits per heavy atom. The van der Waals surface area contributed by atoms with Crippen LogP contribution in [0.1, 0.15) is 13.3 Å². The third-order valence-corrected chi connectivity index (χ3v) is 2.70. The molecule has 0 aliphatic heterocycles. The minimum Gasteiger partial charge on any atom is -0.409 e. The molecule has 0 aromatic carbocycles. The van der Waals surface area contributed by atoms with Crippen molar-refractivity contribution in [3.8, 4) is 0 Å². The molecule has 0 spiro atoms. The van der Waals surface area contributed by atoms with E-state index in [1.54, 1.807) is 0 Å². The highest BCUT2D eigenvalue weighted by Gasteiger charge is 2.29. The molecule has 0 bridgehead atoms. The van der Waals surface area contributed by atoms with Crippen LogP contribution in [0.2, 0.25) is 0 Å². The quantitative estimate of drug-likeness (QED) is 0.227. The number of rotatable bonds is 6. The van der Waals surface area contributed by atoms with Gasteiger partial charge in [0.1, 0.15) is 12.4 Å². The van der Waals surface area contributed by atoms with Crippen molar-refractivity contribution in [3.05, 3.63) is 0 Å². The van der Waals surface area contributed by atoms with Crippen LogP contribution in [-0.2, 0) is 10.2 Å². The highest BCUT2D eigenvalue weighted by molar-refractivity contribution is 7.87. The molecule has 1 unspecified atom stereocenters. The summed E-state index contributed by atoms with van der Waals surface area (Å²) in [6.45, 7) is -0.316. The van der Waals surface area contributed by atoms with Crippen LogP contribution in [0.25, 0.3) is 0 Å². The Bertz CT molecular complexity index is 367. The van der Waals surface area contributed by atoms with E-state index in [0.29, 0.717) is 0 Å². The summed E-state index contributed by atoms with van der Waals surface area (Å²) in [5, 5.41) is 10.8. The Morgan fingerprint density at radius 1 is 1.53 bits per heavy atom. The van der Waals surface area contributed by atoms with Gasteiger partial charge in [-0.05, 0) is 6.92 Å². The predicted molar refractivity (Wildman–Crippen MR) is 53.6 cm³/mol. The molecule has 0 aromatic heterocycles. The Labute approximate surface area is 96.0 Å². The zero-order valence-electron chi connectivity index (χ0n) is 8.82. The molecule has 0 aliphatic carbocycles. The molecule has 0 saturated heterocycles. The first-order chi connectivity index (χ1) is 7.56. The molecule has 102 valence electrons. The molecule has 0 aromatic rings.